The molecule has 1 aliphatic heterocycles. The standard InChI is InChI=1S/C33H25NO4/c1-32(2)19-33(18-17-24(35)22-15-9-10-16-23(22)33)31(34-32)27-25(20-11-5-3-6-12-20)26(29(37)30(27)38)28(36)21-13-7-4-8-14-21/h3-18,36H,19H2,1-2H3/b28-26+. The van der Waals surface area contributed by atoms with Crippen LogP contribution in [0.2, 0.25) is 0 Å². The van der Waals surface area contributed by atoms with Gasteiger partial charge in [-0.15, -0.1) is 0 Å². The van der Waals surface area contributed by atoms with Crippen molar-refractivity contribution in [1.82, 2.24) is 0 Å². The van der Waals surface area contributed by atoms with Crippen LogP contribution in [-0.2, 0) is 15.0 Å². The average molecular weight is 500 g/mol. The van der Waals surface area contributed by atoms with Gasteiger partial charge in [0.05, 0.1) is 27.8 Å². The van der Waals surface area contributed by atoms with Crippen molar-refractivity contribution in [2.24, 2.45) is 4.99 Å². The van der Waals surface area contributed by atoms with E-state index in [4.69, 9.17) is 4.99 Å². The van der Waals surface area contributed by atoms with Crippen LogP contribution in [0.3, 0.4) is 0 Å². The number of aliphatic hydroxyl groups excluding tert-OH is 1. The van der Waals surface area contributed by atoms with Crippen LogP contribution in [0.5, 0.6) is 0 Å². The molecule has 3 aromatic rings. The highest BCUT2D eigenvalue weighted by atomic mass is 16.3. The SMILES string of the molecule is CC1(C)CC2(C=CC(=O)c3ccccc32)C(C2=C(c3ccccc3)/C(=C(\O)c3ccccc3)C(=O)C2=O)=N1. The van der Waals surface area contributed by atoms with Gasteiger partial charge in [0.1, 0.15) is 5.76 Å². The highest BCUT2D eigenvalue weighted by Gasteiger charge is 2.54. The first kappa shape index (κ1) is 23.7. The number of allylic oxidation sites excluding steroid dienone is 5. The van der Waals surface area contributed by atoms with Gasteiger partial charge in [0.2, 0.25) is 11.6 Å². The van der Waals surface area contributed by atoms with Gasteiger partial charge in [-0.2, -0.15) is 0 Å². The zero-order valence-corrected chi connectivity index (χ0v) is 21.1. The van der Waals surface area contributed by atoms with Crippen LogP contribution in [0.25, 0.3) is 11.3 Å². The number of fused-ring (bicyclic) bond motifs is 2. The Morgan fingerprint density at radius 1 is 0.789 bits per heavy atom. The summed E-state index contributed by atoms with van der Waals surface area (Å²) < 4.78 is 0. The topological polar surface area (TPSA) is 83.8 Å². The second-order valence-corrected chi connectivity index (χ2v) is 10.5. The fourth-order valence-electron chi connectivity index (χ4n) is 6.00. The van der Waals surface area contributed by atoms with Crippen LogP contribution in [-0.4, -0.2) is 33.7 Å². The molecule has 1 heterocycles. The summed E-state index contributed by atoms with van der Waals surface area (Å²) in [5.41, 5.74) is 1.90. The van der Waals surface area contributed by atoms with Gasteiger partial charge in [-0.25, -0.2) is 0 Å². The lowest BCUT2D eigenvalue weighted by Crippen LogP contribution is -2.38. The summed E-state index contributed by atoms with van der Waals surface area (Å²) in [6.07, 6.45) is 3.89. The lowest BCUT2D eigenvalue weighted by atomic mass is 9.65. The lowest BCUT2D eigenvalue weighted by molar-refractivity contribution is -0.131. The molecule has 0 radical (unpaired) electrons. The van der Waals surface area contributed by atoms with Gasteiger partial charge in [-0.1, -0.05) is 91.0 Å². The summed E-state index contributed by atoms with van der Waals surface area (Å²) in [5.74, 6) is -1.84. The Bertz CT molecular complexity index is 1660. The molecule has 0 bridgehead atoms. The number of ketones is 3. The highest BCUT2D eigenvalue weighted by molar-refractivity contribution is 6.64. The summed E-state index contributed by atoms with van der Waals surface area (Å²) in [6, 6.07) is 25.3. The lowest BCUT2D eigenvalue weighted by Gasteiger charge is -2.34. The van der Waals surface area contributed by atoms with Crippen LogP contribution in [0.15, 0.2) is 113 Å². The molecule has 5 heteroatoms. The van der Waals surface area contributed by atoms with Gasteiger partial charge in [0.25, 0.3) is 0 Å². The molecular weight excluding hydrogens is 474 g/mol. The van der Waals surface area contributed by atoms with Crippen LogP contribution in [0.1, 0.15) is 47.3 Å². The molecule has 5 nitrogen and oxygen atoms in total. The quantitative estimate of drug-likeness (QED) is 0.277. The summed E-state index contributed by atoms with van der Waals surface area (Å²) >= 11 is 0. The summed E-state index contributed by atoms with van der Waals surface area (Å²) in [7, 11) is 0. The number of Topliss-reactive ketones (excluding diaryl/α,β-unsaturated/α-hetero) is 2. The Morgan fingerprint density at radius 3 is 2.13 bits per heavy atom. The molecule has 3 aromatic carbocycles. The Kier molecular flexibility index (Phi) is 5.28. The molecule has 1 N–H and O–H groups in total. The number of aliphatic imine (C=N–C) groups is 1. The molecule has 1 atom stereocenters. The Hall–Kier alpha value is -4.64. The third-order valence-electron chi connectivity index (χ3n) is 7.48. The number of hydrogen-bond acceptors (Lipinski definition) is 5. The van der Waals surface area contributed by atoms with Gasteiger partial charge in [0.15, 0.2) is 5.78 Å². The van der Waals surface area contributed by atoms with Crippen molar-refractivity contribution in [3.8, 4) is 0 Å². The largest absolute Gasteiger partial charge is 0.507 e. The number of aliphatic hydroxyl groups is 1. The van der Waals surface area contributed by atoms with Crippen molar-refractivity contribution >= 4 is 34.4 Å². The molecule has 0 amide bonds. The molecule has 38 heavy (non-hydrogen) atoms. The molecule has 2 aliphatic carbocycles. The van der Waals surface area contributed by atoms with E-state index in [0.29, 0.717) is 34.4 Å². The van der Waals surface area contributed by atoms with Crippen molar-refractivity contribution in [2.75, 3.05) is 0 Å². The first-order chi connectivity index (χ1) is 18.2. The summed E-state index contributed by atoms with van der Waals surface area (Å²) in [5, 5.41) is 11.4. The maximum Gasteiger partial charge on any atom is 0.238 e. The van der Waals surface area contributed by atoms with Crippen LogP contribution < -0.4 is 0 Å². The minimum absolute atomic E-state index is 0.0332. The Labute approximate surface area is 220 Å². The summed E-state index contributed by atoms with van der Waals surface area (Å²) in [6.45, 7) is 3.97. The average Bonchev–Trinajstić information content (AvgIpc) is 3.36. The minimum atomic E-state index is -0.878. The minimum Gasteiger partial charge on any atom is -0.507 e. The van der Waals surface area contributed by atoms with E-state index in [0.717, 1.165) is 5.56 Å². The van der Waals surface area contributed by atoms with Crippen LogP contribution in [0.4, 0.5) is 0 Å². The Balaban J connectivity index is 1.70. The van der Waals surface area contributed by atoms with E-state index in [9.17, 15) is 19.5 Å². The van der Waals surface area contributed by atoms with E-state index in [2.05, 4.69) is 0 Å². The van der Waals surface area contributed by atoms with Gasteiger partial charge in [-0.3, -0.25) is 19.4 Å². The van der Waals surface area contributed by atoms with Crippen LogP contribution >= 0.6 is 0 Å². The maximum absolute atomic E-state index is 13.9. The predicted octanol–water partition coefficient (Wildman–Crippen LogP) is 5.88. The van der Waals surface area contributed by atoms with E-state index in [1.807, 2.05) is 74.5 Å². The second-order valence-electron chi connectivity index (χ2n) is 10.5. The monoisotopic (exact) mass is 499 g/mol. The van der Waals surface area contributed by atoms with E-state index in [1.165, 1.54) is 0 Å². The number of carbonyl (C=O) groups is 3. The summed E-state index contributed by atoms with van der Waals surface area (Å²) in [4.78, 5) is 45.4. The van der Waals surface area contributed by atoms with Crippen molar-refractivity contribution in [2.45, 2.75) is 31.2 Å². The molecule has 1 spiro atoms. The molecular formula is C33H25NO4. The smallest absolute Gasteiger partial charge is 0.238 e. The van der Waals surface area contributed by atoms with E-state index >= 15 is 0 Å². The molecule has 186 valence electrons. The normalized spacial score (nSPS) is 23.2. The van der Waals surface area contributed by atoms with E-state index < -0.39 is 22.5 Å². The Morgan fingerprint density at radius 2 is 1.42 bits per heavy atom. The van der Waals surface area contributed by atoms with Gasteiger partial charge in [0, 0.05) is 16.7 Å². The highest BCUT2D eigenvalue weighted by Crippen LogP contribution is 2.51. The van der Waals surface area contributed by atoms with Gasteiger partial charge >= 0.3 is 0 Å². The number of nitrogens with zero attached hydrogens (tertiary/aromatic N) is 1. The number of hydrogen-bond donors (Lipinski definition) is 1. The van der Waals surface area contributed by atoms with Crippen molar-refractivity contribution in [1.29, 1.82) is 0 Å². The van der Waals surface area contributed by atoms with E-state index in [-0.39, 0.29) is 22.7 Å². The molecule has 3 aliphatic rings. The molecule has 0 fully saturated rings. The molecule has 0 saturated carbocycles. The maximum atomic E-state index is 13.9. The fourth-order valence-corrected chi connectivity index (χ4v) is 6.00. The van der Waals surface area contributed by atoms with Crippen molar-refractivity contribution in [3.05, 3.63) is 130 Å². The van der Waals surface area contributed by atoms with Crippen molar-refractivity contribution < 1.29 is 19.5 Å². The third kappa shape index (κ3) is 3.46. The number of carbonyl (C=O) groups excluding carboxylic acids is 3. The zero-order valence-electron chi connectivity index (χ0n) is 21.1. The van der Waals surface area contributed by atoms with Gasteiger partial charge in [-0.05, 0) is 37.5 Å². The second kappa shape index (κ2) is 8.45. The molecule has 6 rings (SSSR count). The van der Waals surface area contributed by atoms with Crippen molar-refractivity contribution in [3.63, 3.8) is 0 Å². The molecule has 0 aromatic heterocycles. The number of benzene rings is 3. The van der Waals surface area contributed by atoms with E-state index in [1.54, 1.807) is 36.4 Å². The zero-order chi connectivity index (χ0) is 26.7. The molecule has 0 saturated heterocycles. The predicted molar refractivity (Wildman–Crippen MR) is 147 cm³/mol. The van der Waals surface area contributed by atoms with Gasteiger partial charge < -0.3 is 5.11 Å². The first-order valence-electron chi connectivity index (χ1n) is 12.5. The fraction of sp³-hybridized carbons (Fsp3) is 0.152. The first-order valence-corrected chi connectivity index (χ1v) is 12.5. The van der Waals surface area contributed by atoms with Crippen LogP contribution in [0, 0.1) is 0 Å². The third-order valence-corrected chi connectivity index (χ3v) is 7.48. The molecule has 1 unspecified atom stereocenters. The number of rotatable bonds is 3.